The first-order valence-corrected chi connectivity index (χ1v) is 5.12. The maximum atomic E-state index is 11.1. The molecule has 0 N–H and O–H groups in total. The largest absolute Gasteiger partial charge is 0.466 e. The van der Waals surface area contributed by atoms with Crippen LogP contribution < -0.4 is 0 Å². The Kier molecular flexibility index (Phi) is 4.61. The van der Waals surface area contributed by atoms with Crippen molar-refractivity contribution in [2.75, 3.05) is 6.61 Å². The molecule has 0 saturated carbocycles. The lowest BCUT2D eigenvalue weighted by atomic mass is 10.1. The molecule has 0 aliphatic rings. The fourth-order valence-electron chi connectivity index (χ4n) is 1.28. The Bertz CT molecular complexity index is 339. The lowest BCUT2D eigenvalue weighted by molar-refractivity contribution is -0.142. The standard InChI is InChI=1S/C13H16O2/c1-3-15-13(14)10-9-11(2)12-7-5-4-6-8-12/h4-9H,3,10H2,1-2H3. The Labute approximate surface area is 90.6 Å². The molecule has 0 aromatic heterocycles. The van der Waals surface area contributed by atoms with E-state index in [-0.39, 0.29) is 5.97 Å². The molecule has 15 heavy (non-hydrogen) atoms. The van der Waals surface area contributed by atoms with Crippen molar-refractivity contribution in [3.63, 3.8) is 0 Å². The Morgan fingerprint density at radius 2 is 2.00 bits per heavy atom. The average molecular weight is 204 g/mol. The van der Waals surface area contributed by atoms with E-state index in [0.29, 0.717) is 13.0 Å². The molecular weight excluding hydrogens is 188 g/mol. The summed E-state index contributed by atoms with van der Waals surface area (Å²) < 4.78 is 4.84. The van der Waals surface area contributed by atoms with Crippen molar-refractivity contribution in [1.29, 1.82) is 0 Å². The summed E-state index contributed by atoms with van der Waals surface area (Å²) >= 11 is 0. The van der Waals surface area contributed by atoms with Crippen LogP contribution in [0, 0.1) is 0 Å². The van der Waals surface area contributed by atoms with Gasteiger partial charge in [-0.3, -0.25) is 4.79 Å². The first kappa shape index (κ1) is 11.5. The zero-order valence-corrected chi connectivity index (χ0v) is 9.19. The molecule has 0 fully saturated rings. The van der Waals surface area contributed by atoms with Gasteiger partial charge in [0.2, 0.25) is 0 Å². The third-order valence-electron chi connectivity index (χ3n) is 2.11. The minimum absolute atomic E-state index is 0.173. The van der Waals surface area contributed by atoms with Crippen molar-refractivity contribution < 1.29 is 9.53 Å². The molecule has 0 aliphatic carbocycles. The number of benzene rings is 1. The van der Waals surface area contributed by atoms with E-state index in [0.717, 1.165) is 11.1 Å². The van der Waals surface area contributed by atoms with Gasteiger partial charge in [0.25, 0.3) is 0 Å². The summed E-state index contributed by atoms with van der Waals surface area (Å²) in [7, 11) is 0. The first-order chi connectivity index (χ1) is 7.24. The van der Waals surface area contributed by atoms with Gasteiger partial charge in [-0.25, -0.2) is 0 Å². The van der Waals surface area contributed by atoms with Crippen LogP contribution in [0.1, 0.15) is 25.8 Å². The summed E-state index contributed by atoms with van der Waals surface area (Å²) in [5.74, 6) is -0.173. The molecule has 0 unspecified atom stereocenters. The van der Waals surface area contributed by atoms with E-state index in [1.807, 2.05) is 50.3 Å². The highest BCUT2D eigenvalue weighted by atomic mass is 16.5. The zero-order chi connectivity index (χ0) is 11.1. The quantitative estimate of drug-likeness (QED) is 0.704. The summed E-state index contributed by atoms with van der Waals surface area (Å²) in [5, 5.41) is 0. The van der Waals surface area contributed by atoms with E-state index in [1.54, 1.807) is 0 Å². The zero-order valence-electron chi connectivity index (χ0n) is 9.19. The smallest absolute Gasteiger partial charge is 0.309 e. The number of allylic oxidation sites excluding steroid dienone is 1. The van der Waals surface area contributed by atoms with Gasteiger partial charge >= 0.3 is 5.97 Å². The molecule has 0 aliphatic heterocycles. The number of hydrogen-bond acceptors (Lipinski definition) is 2. The molecule has 80 valence electrons. The molecule has 1 aromatic carbocycles. The Morgan fingerprint density at radius 1 is 1.33 bits per heavy atom. The number of carbonyl (C=O) groups is 1. The lowest BCUT2D eigenvalue weighted by Crippen LogP contribution is -2.01. The highest BCUT2D eigenvalue weighted by Crippen LogP contribution is 2.13. The van der Waals surface area contributed by atoms with E-state index in [1.165, 1.54) is 0 Å². The summed E-state index contributed by atoms with van der Waals surface area (Å²) in [4.78, 5) is 11.1. The Balaban J connectivity index is 2.57. The summed E-state index contributed by atoms with van der Waals surface area (Å²) in [5.41, 5.74) is 2.24. The number of carbonyl (C=O) groups excluding carboxylic acids is 1. The second-order valence-electron chi connectivity index (χ2n) is 3.26. The van der Waals surface area contributed by atoms with Gasteiger partial charge in [0.05, 0.1) is 13.0 Å². The molecule has 0 radical (unpaired) electrons. The van der Waals surface area contributed by atoms with Crippen molar-refractivity contribution in [3.05, 3.63) is 42.0 Å². The van der Waals surface area contributed by atoms with Gasteiger partial charge < -0.3 is 4.74 Å². The Morgan fingerprint density at radius 3 is 2.60 bits per heavy atom. The molecule has 1 aromatic rings. The Hall–Kier alpha value is -1.57. The van der Waals surface area contributed by atoms with Gasteiger partial charge in [-0.15, -0.1) is 0 Å². The second kappa shape index (κ2) is 6.02. The van der Waals surface area contributed by atoms with Gasteiger partial charge in [0.1, 0.15) is 0 Å². The van der Waals surface area contributed by atoms with Gasteiger partial charge in [-0.05, 0) is 25.0 Å². The van der Waals surface area contributed by atoms with Crippen LogP contribution in [-0.2, 0) is 9.53 Å². The number of esters is 1. The van der Waals surface area contributed by atoms with E-state index in [2.05, 4.69) is 0 Å². The monoisotopic (exact) mass is 204 g/mol. The first-order valence-electron chi connectivity index (χ1n) is 5.12. The van der Waals surface area contributed by atoms with E-state index < -0.39 is 0 Å². The highest BCUT2D eigenvalue weighted by molar-refractivity contribution is 5.75. The van der Waals surface area contributed by atoms with Gasteiger partial charge in [0, 0.05) is 0 Å². The van der Waals surface area contributed by atoms with E-state index in [9.17, 15) is 4.79 Å². The molecule has 0 bridgehead atoms. The molecule has 2 heteroatoms. The van der Waals surface area contributed by atoms with Crippen LogP contribution in [0.4, 0.5) is 0 Å². The van der Waals surface area contributed by atoms with Crippen LogP contribution in [0.2, 0.25) is 0 Å². The van der Waals surface area contributed by atoms with Crippen molar-refractivity contribution in [2.24, 2.45) is 0 Å². The van der Waals surface area contributed by atoms with Crippen molar-refractivity contribution in [2.45, 2.75) is 20.3 Å². The maximum absolute atomic E-state index is 11.1. The van der Waals surface area contributed by atoms with Gasteiger partial charge in [-0.2, -0.15) is 0 Å². The third kappa shape index (κ3) is 3.98. The molecule has 0 spiro atoms. The van der Waals surface area contributed by atoms with Crippen LogP contribution in [-0.4, -0.2) is 12.6 Å². The van der Waals surface area contributed by atoms with Gasteiger partial charge in [-0.1, -0.05) is 36.4 Å². The molecule has 0 saturated heterocycles. The normalized spacial score (nSPS) is 11.2. The predicted molar refractivity (Wildman–Crippen MR) is 61.3 cm³/mol. The summed E-state index contributed by atoms with van der Waals surface area (Å²) in [6.45, 7) is 4.25. The van der Waals surface area contributed by atoms with E-state index >= 15 is 0 Å². The van der Waals surface area contributed by atoms with Crippen molar-refractivity contribution in [3.8, 4) is 0 Å². The van der Waals surface area contributed by atoms with Crippen LogP contribution in [0.3, 0.4) is 0 Å². The lowest BCUT2D eigenvalue weighted by Gasteiger charge is -2.01. The molecule has 2 nitrogen and oxygen atoms in total. The minimum Gasteiger partial charge on any atom is -0.466 e. The third-order valence-corrected chi connectivity index (χ3v) is 2.11. The SMILES string of the molecule is CCOC(=O)CC=C(C)c1ccccc1. The van der Waals surface area contributed by atoms with Crippen LogP contribution in [0.25, 0.3) is 5.57 Å². The second-order valence-corrected chi connectivity index (χ2v) is 3.26. The number of hydrogen-bond donors (Lipinski definition) is 0. The van der Waals surface area contributed by atoms with Crippen molar-refractivity contribution >= 4 is 11.5 Å². The van der Waals surface area contributed by atoms with Crippen LogP contribution in [0.15, 0.2) is 36.4 Å². The highest BCUT2D eigenvalue weighted by Gasteiger charge is 1.99. The number of ether oxygens (including phenoxy) is 1. The van der Waals surface area contributed by atoms with E-state index in [4.69, 9.17) is 4.74 Å². The van der Waals surface area contributed by atoms with Crippen molar-refractivity contribution in [1.82, 2.24) is 0 Å². The minimum atomic E-state index is -0.173. The molecular formula is C13H16O2. The maximum Gasteiger partial charge on any atom is 0.309 e. The number of rotatable bonds is 4. The van der Waals surface area contributed by atoms with Gasteiger partial charge in [0.15, 0.2) is 0 Å². The molecule has 0 heterocycles. The van der Waals surface area contributed by atoms with Crippen LogP contribution >= 0.6 is 0 Å². The average Bonchev–Trinajstić information content (AvgIpc) is 2.27. The fraction of sp³-hybridized carbons (Fsp3) is 0.308. The summed E-state index contributed by atoms with van der Waals surface area (Å²) in [6, 6.07) is 9.99. The molecule has 0 atom stereocenters. The molecule has 1 rings (SSSR count). The summed E-state index contributed by atoms with van der Waals surface area (Å²) in [6.07, 6.45) is 2.24. The topological polar surface area (TPSA) is 26.3 Å². The fourth-order valence-corrected chi connectivity index (χ4v) is 1.28. The molecule has 0 amide bonds. The van der Waals surface area contributed by atoms with Crippen LogP contribution in [0.5, 0.6) is 0 Å². The predicted octanol–water partition coefficient (Wildman–Crippen LogP) is 3.04.